The number of benzene rings is 4. The van der Waals surface area contributed by atoms with Gasteiger partial charge in [-0.2, -0.15) is 0 Å². The zero-order valence-corrected chi connectivity index (χ0v) is 26.5. The molecule has 0 unspecified atom stereocenters. The lowest BCUT2D eigenvalue weighted by atomic mass is 10.1. The van der Waals surface area contributed by atoms with Crippen LogP contribution in [0, 0.1) is 0 Å². The van der Waals surface area contributed by atoms with Crippen molar-refractivity contribution >= 4 is 34.2 Å². The molecule has 1 aromatic heterocycles. The summed E-state index contributed by atoms with van der Waals surface area (Å²) in [5.41, 5.74) is 2.88. The number of nitrogens with one attached hydrogen (secondary N) is 3. The van der Waals surface area contributed by atoms with Gasteiger partial charge in [-0.25, -0.2) is 0 Å². The molecule has 3 N–H and O–H groups in total. The Labute approximate surface area is 271 Å². The van der Waals surface area contributed by atoms with Crippen molar-refractivity contribution in [1.82, 2.24) is 5.32 Å². The minimum atomic E-state index is -0.710. The summed E-state index contributed by atoms with van der Waals surface area (Å²) in [6, 6.07) is 24.0. The first kappa shape index (κ1) is 32.6. The van der Waals surface area contributed by atoms with E-state index in [9.17, 15) is 14.4 Å². The highest BCUT2D eigenvalue weighted by Gasteiger charge is 2.21. The molecule has 0 aliphatic heterocycles. The quantitative estimate of drug-likeness (QED) is 0.140. The molecule has 0 atom stereocenters. The van der Waals surface area contributed by atoms with E-state index >= 15 is 0 Å². The van der Waals surface area contributed by atoms with Crippen molar-refractivity contribution in [1.29, 1.82) is 0 Å². The molecule has 47 heavy (non-hydrogen) atoms. The second-order valence-electron chi connectivity index (χ2n) is 10.4. The molecule has 0 aliphatic carbocycles. The zero-order valence-electron chi connectivity index (χ0n) is 26.5. The maximum absolute atomic E-state index is 13.5. The van der Waals surface area contributed by atoms with E-state index in [1.165, 1.54) is 26.4 Å². The lowest BCUT2D eigenvalue weighted by Crippen LogP contribution is -2.20. The van der Waals surface area contributed by atoms with Gasteiger partial charge in [-0.05, 0) is 66.6 Å². The Morgan fingerprint density at radius 1 is 0.681 bits per heavy atom. The smallest absolute Gasteiger partial charge is 0.291 e. The summed E-state index contributed by atoms with van der Waals surface area (Å²) in [7, 11) is 6.11. The number of carbonyl (C=O) groups excluding carboxylic acids is 2. The van der Waals surface area contributed by atoms with Gasteiger partial charge in [0.1, 0.15) is 5.58 Å². The second-order valence-corrected chi connectivity index (χ2v) is 10.4. The SMILES string of the molecule is COc1ccc(CNCCc2ccc(NC(=O)c3cc(OC)c(OC)cc3NC(=O)c3cc(=O)c4ccccc4o3)cc2)cc1OC. The Morgan fingerprint density at radius 2 is 1.34 bits per heavy atom. The predicted molar refractivity (Wildman–Crippen MR) is 179 cm³/mol. The Bertz CT molecular complexity index is 1950. The van der Waals surface area contributed by atoms with Crippen LogP contribution in [-0.4, -0.2) is 46.8 Å². The molecule has 5 rings (SSSR count). The van der Waals surface area contributed by atoms with Gasteiger partial charge in [-0.1, -0.05) is 30.3 Å². The van der Waals surface area contributed by atoms with E-state index in [2.05, 4.69) is 16.0 Å². The van der Waals surface area contributed by atoms with Crippen LogP contribution < -0.4 is 40.3 Å². The van der Waals surface area contributed by atoms with Crippen molar-refractivity contribution in [3.8, 4) is 23.0 Å². The maximum Gasteiger partial charge on any atom is 0.291 e. The summed E-state index contributed by atoms with van der Waals surface area (Å²) >= 11 is 0. The first-order valence-corrected chi connectivity index (χ1v) is 14.8. The van der Waals surface area contributed by atoms with E-state index in [1.807, 2.05) is 42.5 Å². The normalized spacial score (nSPS) is 10.7. The van der Waals surface area contributed by atoms with E-state index < -0.39 is 11.8 Å². The number of fused-ring (bicyclic) bond motifs is 1. The number of hydrogen-bond donors (Lipinski definition) is 3. The van der Waals surface area contributed by atoms with Gasteiger partial charge in [-0.15, -0.1) is 0 Å². The minimum Gasteiger partial charge on any atom is -0.493 e. The molecule has 1 heterocycles. The number of carbonyl (C=O) groups is 2. The van der Waals surface area contributed by atoms with Crippen molar-refractivity contribution in [3.05, 3.63) is 118 Å². The molecular weight excluding hydrogens is 602 g/mol. The van der Waals surface area contributed by atoms with E-state index in [0.29, 0.717) is 40.6 Å². The number of anilines is 2. The van der Waals surface area contributed by atoms with Crippen molar-refractivity contribution in [2.24, 2.45) is 0 Å². The number of hydrogen-bond acceptors (Lipinski definition) is 9. The number of methoxy groups -OCH3 is 4. The van der Waals surface area contributed by atoms with Crippen LogP contribution in [0.5, 0.6) is 23.0 Å². The lowest BCUT2D eigenvalue weighted by molar-refractivity contribution is 0.0997. The molecule has 2 amide bonds. The Hall–Kier alpha value is -5.81. The van der Waals surface area contributed by atoms with Gasteiger partial charge in [-0.3, -0.25) is 14.4 Å². The lowest BCUT2D eigenvalue weighted by Gasteiger charge is -2.16. The van der Waals surface area contributed by atoms with Crippen LogP contribution in [0.1, 0.15) is 32.0 Å². The Kier molecular flexibility index (Phi) is 10.4. The number of amides is 2. The summed E-state index contributed by atoms with van der Waals surface area (Å²) in [4.78, 5) is 39.3. The average Bonchev–Trinajstić information content (AvgIpc) is 3.10. The van der Waals surface area contributed by atoms with Gasteiger partial charge in [0.2, 0.25) is 0 Å². The molecule has 11 heteroatoms. The fourth-order valence-electron chi connectivity index (χ4n) is 4.98. The van der Waals surface area contributed by atoms with Crippen LogP contribution in [0.4, 0.5) is 11.4 Å². The summed E-state index contributed by atoms with van der Waals surface area (Å²) in [5, 5.41) is 9.34. The van der Waals surface area contributed by atoms with Crippen molar-refractivity contribution < 1.29 is 33.0 Å². The molecular formula is C36H35N3O8. The number of ether oxygens (including phenoxy) is 4. The summed E-state index contributed by atoms with van der Waals surface area (Å²) in [5.74, 6) is 0.552. The third-order valence-corrected chi connectivity index (χ3v) is 7.45. The largest absolute Gasteiger partial charge is 0.493 e. The van der Waals surface area contributed by atoms with Crippen molar-refractivity contribution in [2.45, 2.75) is 13.0 Å². The van der Waals surface area contributed by atoms with Gasteiger partial charge in [0.25, 0.3) is 11.8 Å². The first-order chi connectivity index (χ1) is 22.8. The molecule has 0 saturated heterocycles. The van der Waals surface area contributed by atoms with Crippen LogP contribution in [0.2, 0.25) is 0 Å². The summed E-state index contributed by atoms with van der Waals surface area (Å²) < 4.78 is 27.1. The first-order valence-electron chi connectivity index (χ1n) is 14.8. The molecule has 0 spiro atoms. The Morgan fingerprint density at radius 3 is 2.06 bits per heavy atom. The molecule has 4 aromatic carbocycles. The predicted octanol–water partition coefficient (Wildman–Crippen LogP) is 5.66. The highest BCUT2D eigenvalue weighted by Crippen LogP contribution is 2.34. The van der Waals surface area contributed by atoms with E-state index in [-0.39, 0.29) is 28.0 Å². The monoisotopic (exact) mass is 637 g/mol. The molecule has 0 fully saturated rings. The van der Waals surface area contributed by atoms with Gasteiger partial charge in [0.05, 0.1) is 45.1 Å². The van der Waals surface area contributed by atoms with Crippen LogP contribution in [-0.2, 0) is 13.0 Å². The second kappa shape index (κ2) is 15.0. The van der Waals surface area contributed by atoms with Crippen LogP contribution in [0.25, 0.3) is 11.0 Å². The van der Waals surface area contributed by atoms with E-state index in [1.54, 1.807) is 38.5 Å². The van der Waals surface area contributed by atoms with Gasteiger partial charge < -0.3 is 39.3 Å². The van der Waals surface area contributed by atoms with Gasteiger partial charge in [0.15, 0.2) is 34.2 Å². The maximum atomic E-state index is 13.5. The average molecular weight is 638 g/mol. The van der Waals surface area contributed by atoms with Crippen LogP contribution >= 0.6 is 0 Å². The highest BCUT2D eigenvalue weighted by atomic mass is 16.5. The molecule has 0 radical (unpaired) electrons. The summed E-state index contributed by atoms with van der Waals surface area (Å²) in [6.45, 7) is 1.41. The summed E-state index contributed by atoms with van der Waals surface area (Å²) in [6.07, 6.45) is 0.776. The van der Waals surface area contributed by atoms with E-state index in [4.69, 9.17) is 23.4 Å². The molecule has 0 saturated carbocycles. The highest BCUT2D eigenvalue weighted by molar-refractivity contribution is 6.12. The van der Waals surface area contributed by atoms with E-state index in [0.717, 1.165) is 30.2 Å². The molecule has 11 nitrogen and oxygen atoms in total. The van der Waals surface area contributed by atoms with Crippen molar-refractivity contribution in [2.75, 3.05) is 45.6 Å². The number of para-hydroxylation sites is 1. The fourth-order valence-corrected chi connectivity index (χ4v) is 4.98. The van der Waals surface area contributed by atoms with Gasteiger partial charge in [0, 0.05) is 24.4 Å². The fraction of sp³-hybridized carbons (Fsp3) is 0.194. The topological polar surface area (TPSA) is 137 Å². The molecule has 242 valence electrons. The third kappa shape index (κ3) is 7.71. The third-order valence-electron chi connectivity index (χ3n) is 7.45. The van der Waals surface area contributed by atoms with Crippen molar-refractivity contribution in [3.63, 3.8) is 0 Å². The number of rotatable bonds is 13. The molecule has 0 aliphatic rings. The van der Waals surface area contributed by atoms with Crippen LogP contribution in [0.15, 0.2) is 94.1 Å². The van der Waals surface area contributed by atoms with Crippen LogP contribution in [0.3, 0.4) is 0 Å². The minimum absolute atomic E-state index is 0.113. The standard InChI is InChI=1S/C36H35N3O8/c1-43-30-14-11-23(17-31(30)44-2)21-37-16-15-22-9-12-24(13-10-22)38-35(41)26-18-32(45-3)33(46-4)19-27(26)39-36(42)34-20-28(40)25-7-5-6-8-29(25)47-34/h5-14,17-20,37H,15-16,21H2,1-4H3,(H,38,41)(H,39,42). The molecule has 5 aromatic rings. The van der Waals surface area contributed by atoms with Gasteiger partial charge >= 0.3 is 0 Å². The Balaban J connectivity index is 1.25. The molecule has 0 bridgehead atoms. The zero-order chi connectivity index (χ0) is 33.3.